The molecule has 1 amide bonds. The second-order valence-electron chi connectivity index (χ2n) is 6.52. The molecular weight excluding hydrogens is 250 g/mol. The molecule has 3 atom stereocenters. The third-order valence-electron chi connectivity index (χ3n) is 5.25. The summed E-state index contributed by atoms with van der Waals surface area (Å²) in [6.45, 7) is 0.790. The number of carbonyl (C=O) groups is 1. The summed E-state index contributed by atoms with van der Waals surface area (Å²) in [4.78, 5) is 14.6. The van der Waals surface area contributed by atoms with Gasteiger partial charge in [-0.3, -0.25) is 4.79 Å². The lowest BCUT2D eigenvalue weighted by Crippen LogP contribution is -2.42. The van der Waals surface area contributed by atoms with Crippen LogP contribution in [0.25, 0.3) is 0 Å². The molecule has 1 aromatic rings. The first-order valence-corrected chi connectivity index (χ1v) is 7.78. The molecule has 20 heavy (non-hydrogen) atoms. The maximum absolute atomic E-state index is 12.7. The van der Waals surface area contributed by atoms with Crippen LogP contribution >= 0.6 is 0 Å². The summed E-state index contributed by atoms with van der Waals surface area (Å²) in [7, 11) is 0. The molecule has 3 heteroatoms. The van der Waals surface area contributed by atoms with Gasteiger partial charge in [-0.2, -0.15) is 0 Å². The van der Waals surface area contributed by atoms with E-state index in [2.05, 4.69) is 12.1 Å². The van der Waals surface area contributed by atoms with E-state index in [0.717, 1.165) is 30.9 Å². The van der Waals surface area contributed by atoms with E-state index >= 15 is 0 Å². The van der Waals surface area contributed by atoms with Crippen LogP contribution < -0.4 is 0 Å². The van der Waals surface area contributed by atoms with Crippen LogP contribution in [-0.4, -0.2) is 29.1 Å². The maximum Gasteiger partial charge on any atom is 0.226 e. The van der Waals surface area contributed by atoms with Gasteiger partial charge in [-0.1, -0.05) is 24.3 Å². The minimum Gasteiger partial charge on any atom is -0.394 e. The average molecular weight is 271 g/mol. The number of aliphatic hydroxyl groups excluding tert-OH is 1. The highest BCUT2D eigenvalue weighted by molar-refractivity contribution is 5.82. The molecule has 2 saturated carbocycles. The third kappa shape index (κ3) is 1.96. The number of benzene rings is 1. The first kappa shape index (κ1) is 12.4. The summed E-state index contributed by atoms with van der Waals surface area (Å²) >= 11 is 0. The van der Waals surface area contributed by atoms with Crippen molar-refractivity contribution in [3.8, 4) is 0 Å². The summed E-state index contributed by atoms with van der Waals surface area (Å²) in [5, 5.41) is 9.75. The van der Waals surface area contributed by atoms with Crippen molar-refractivity contribution < 1.29 is 9.90 Å². The van der Waals surface area contributed by atoms with E-state index in [1.54, 1.807) is 0 Å². The summed E-state index contributed by atoms with van der Waals surface area (Å²) in [5.74, 6) is 2.02. The molecule has 2 aliphatic carbocycles. The summed E-state index contributed by atoms with van der Waals surface area (Å²) in [5.41, 5.74) is 2.42. The molecule has 2 fully saturated rings. The molecule has 0 saturated heterocycles. The van der Waals surface area contributed by atoms with Crippen molar-refractivity contribution in [2.45, 2.75) is 31.7 Å². The minimum absolute atomic E-state index is 0.0313. The van der Waals surface area contributed by atoms with E-state index in [1.807, 2.05) is 17.0 Å². The van der Waals surface area contributed by atoms with Gasteiger partial charge in [0.15, 0.2) is 0 Å². The quantitative estimate of drug-likeness (QED) is 0.915. The maximum atomic E-state index is 12.7. The number of amides is 1. The first-order valence-electron chi connectivity index (χ1n) is 7.78. The lowest BCUT2D eigenvalue weighted by molar-refractivity contribution is -0.137. The highest BCUT2D eigenvalue weighted by Gasteiger charge is 2.53. The van der Waals surface area contributed by atoms with Gasteiger partial charge in [0, 0.05) is 12.5 Å². The number of nitrogens with zero attached hydrogens (tertiary/aromatic N) is 1. The van der Waals surface area contributed by atoms with Crippen molar-refractivity contribution >= 4 is 5.91 Å². The Labute approximate surface area is 119 Å². The van der Waals surface area contributed by atoms with Gasteiger partial charge in [0.1, 0.15) is 0 Å². The molecular formula is C17H21NO2. The molecule has 0 spiro atoms. The van der Waals surface area contributed by atoms with Crippen molar-refractivity contribution in [3.63, 3.8) is 0 Å². The Morgan fingerprint density at radius 3 is 2.85 bits per heavy atom. The number of aliphatic hydroxyl groups is 1. The van der Waals surface area contributed by atoms with Gasteiger partial charge in [0.05, 0.1) is 12.6 Å². The minimum atomic E-state index is -0.132. The standard InChI is InChI=1S/C17H21NO2/c19-10-16-13-4-2-1-3-11(13)7-8-18(16)17(20)15-9-14(15)12-5-6-12/h1-4,12,14-16,19H,5-10H2/t14-,15-,16-/m1/s1. The average Bonchev–Trinajstić information content (AvgIpc) is 3.37. The molecule has 0 radical (unpaired) electrons. The number of carbonyl (C=O) groups excluding carboxylic acids is 1. The van der Waals surface area contributed by atoms with Crippen LogP contribution in [0.3, 0.4) is 0 Å². The van der Waals surface area contributed by atoms with Crippen molar-refractivity contribution in [1.82, 2.24) is 4.90 Å². The zero-order chi connectivity index (χ0) is 13.7. The first-order chi connectivity index (χ1) is 9.79. The van der Waals surface area contributed by atoms with Crippen molar-refractivity contribution in [2.24, 2.45) is 17.8 Å². The van der Waals surface area contributed by atoms with E-state index < -0.39 is 0 Å². The Kier molecular flexibility index (Phi) is 2.84. The molecule has 0 bridgehead atoms. The molecule has 106 valence electrons. The molecule has 3 aliphatic rings. The molecule has 1 aliphatic heterocycles. The highest BCUT2D eigenvalue weighted by Crippen LogP contribution is 2.55. The summed E-state index contributed by atoms with van der Waals surface area (Å²) < 4.78 is 0. The normalized spacial score (nSPS) is 31.9. The number of hydrogen-bond donors (Lipinski definition) is 1. The van der Waals surface area contributed by atoms with E-state index in [1.165, 1.54) is 18.4 Å². The fraction of sp³-hybridized carbons (Fsp3) is 0.588. The van der Waals surface area contributed by atoms with Crippen LogP contribution in [0.2, 0.25) is 0 Å². The fourth-order valence-electron chi connectivity index (χ4n) is 3.87. The Bertz CT molecular complexity index is 538. The summed E-state index contributed by atoms with van der Waals surface area (Å²) in [6, 6.07) is 8.08. The number of hydrogen-bond acceptors (Lipinski definition) is 2. The largest absolute Gasteiger partial charge is 0.394 e. The zero-order valence-electron chi connectivity index (χ0n) is 11.7. The Morgan fingerprint density at radius 1 is 1.30 bits per heavy atom. The van der Waals surface area contributed by atoms with Gasteiger partial charge < -0.3 is 10.0 Å². The fourth-order valence-corrected chi connectivity index (χ4v) is 3.87. The molecule has 4 rings (SSSR count). The van der Waals surface area contributed by atoms with Crippen molar-refractivity contribution in [2.75, 3.05) is 13.2 Å². The lowest BCUT2D eigenvalue weighted by Gasteiger charge is -2.36. The second-order valence-corrected chi connectivity index (χ2v) is 6.52. The van der Waals surface area contributed by atoms with E-state index in [0.29, 0.717) is 5.92 Å². The molecule has 1 N–H and O–H groups in total. The van der Waals surface area contributed by atoms with Gasteiger partial charge in [-0.15, -0.1) is 0 Å². The Morgan fingerprint density at radius 2 is 2.10 bits per heavy atom. The van der Waals surface area contributed by atoms with E-state index in [-0.39, 0.29) is 24.5 Å². The Balaban J connectivity index is 1.55. The molecule has 0 aromatic heterocycles. The topological polar surface area (TPSA) is 40.5 Å². The predicted octanol–water partition coefficient (Wildman–Crippen LogP) is 2.15. The third-order valence-corrected chi connectivity index (χ3v) is 5.25. The van der Waals surface area contributed by atoms with E-state index in [4.69, 9.17) is 0 Å². The van der Waals surface area contributed by atoms with Crippen LogP contribution in [0.15, 0.2) is 24.3 Å². The monoisotopic (exact) mass is 271 g/mol. The van der Waals surface area contributed by atoms with Gasteiger partial charge in [-0.05, 0) is 48.6 Å². The molecule has 0 unspecified atom stereocenters. The molecule has 1 heterocycles. The molecule has 1 aromatic carbocycles. The molecule has 3 nitrogen and oxygen atoms in total. The van der Waals surface area contributed by atoms with Gasteiger partial charge >= 0.3 is 0 Å². The van der Waals surface area contributed by atoms with E-state index in [9.17, 15) is 9.90 Å². The zero-order valence-corrected chi connectivity index (χ0v) is 11.7. The number of fused-ring (bicyclic) bond motifs is 1. The van der Waals surface area contributed by atoms with Crippen LogP contribution in [0.1, 0.15) is 36.4 Å². The van der Waals surface area contributed by atoms with Crippen molar-refractivity contribution in [3.05, 3.63) is 35.4 Å². The van der Waals surface area contributed by atoms with Gasteiger partial charge in [-0.25, -0.2) is 0 Å². The Hall–Kier alpha value is -1.35. The summed E-state index contributed by atoms with van der Waals surface area (Å²) in [6.07, 6.45) is 4.64. The number of rotatable bonds is 3. The van der Waals surface area contributed by atoms with Crippen LogP contribution in [0.4, 0.5) is 0 Å². The second kappa shape index (κ2) is 4.59. The van der Waals surface area contributed by atoms with Gasteiger partial charge in [0.25, 0.3) is 0 Å². The lowest BCUT2D eigenvalue weighted by atomic mass is 9.92. The smallest absolute Gasteiger partial charge is 0.226 e. The van der Waals surface area contributed by atoms with Crippen LogP contribution in [0, 0.1) is 17.8 Å². The van der Waals surface area contributed by atoms with Crippen LogP contribution in [-0.2, 0) is 11.2 Å². The SMILES string of the molecule is O=C([C@@H]1C[C@@H]1C1CC1)N1CCc2ccccc2[C@H]1CO. The predicted molar refractivity (Wildman–Crippen MR) is 76.0 cm³/mol. The van der Waals surface area contributed by atoms with Crippen LogP contribution in [0.5, 0.6) is 0 Å². The highest BCUT2D eigenvalue weighted by atomic mass is 16.3. The van der Waals surface area contributed by atoms with Crippen molar-refractivity contribution in [1.29, 1.82) is 0 Å². The van der Waals surface area contributed by atoms with Gasteiger partial charge in [0.2, 0.25) is 5.91 Å².